The molecular weight excluding hydrogens is 410 g/mol. The number of nitrogens with zero attached hydrogens (tertiary/aromatic N) is 2. The molecule has 4 rings (SSSR count). The van der Waals surface area contributed by atoms with Crippen LogP contribution in [0.2, 0.25) is 0 Å². The molecule has 152 valence electrons. The molecule has 1 aliphatic heterocycles. The number of amides is 1. The van der Waals surface area contributed by atoms with Gasteiger partial charge in [-0.1, -0.05) is 0 Å². The van der Waals surface area contributed by atoms with Crippen molar-refractivity contribution in [2.45, 2.75) is 44.7 Å². The Bertz CT molecular complexity index is 1170. The average molecular weight is 432 g/mol. The quantitative estimate of drug-likeness (QED) is 0.668. The second-order valence-electron chi connectivity index (χ2n) is 7.06. The summed E-state index contributed by atoms with van der Waals surface area (Å²) < 4.78 is 33.7. The molecule has 1 atom stereocenters. The number of nitrogens with one attached hydrogen (secondary N) is 1. The lowest BCUT2D eigenvalue weighted by atomic mass is 10.1. The van der Waals surface area contributed by atoms with Crippen molar-refractivity contribution in [2.24, 2.45) is 0 Å². The standard InChI is InChI=1S/C20H21N3O4S2/c1-12-9-15-10-16(6-7-17(15)23(12)14(3)24)29(25,26)21-11-19-13(2)22-20(28-19)18-5-4-8-27-18/h4-8,10,12,21H,9,11H2,1-3H3. The number of rotatable bonds is 5. The van der Waals surface area contributed by atoms with E-state index >= 15 is 0 Å². The largest absolute Gasteiger partial charge is 0.462 e. The van der Waals surface area contributed by atoms with Crippen molar-refractivity contribution >= 4 is 33.0 Å². The van der Waals surface area contributed by atoms with Crippen molar-refractivity contribution in [2.75, 3.05) is 4.90 Å². The predicted molar refractivity (Wildman–Crippen MR) is 111 cm³/mol. The van der Waals surface area contributed by atoms with Gasteiger partial charge in [0.1, 0.15) is 0 Å². The van der Waals surface area contributed by atoms with Gasteiger partial charge in [0, 0.05) is 30.1 Å². The number of benzene rings is 1. The summed E-state index contributed by atoms with van der Waals surface area (Å²) >= 11 is 1.40. The van der Waals surface area contributed by atoms with Crippen LogP contribution in [-0.4, -0.2) is 25.4 Å². The topological polar surface area (TPSA) is 92.5 Å². The number of furan rings is 1. The van der Waals surface area contributed by atoms with Gasteiger partial charge in [-0.05, 0) is 56.2 Å². The molecule has 7 nitrogen and oxygen atoms in total. The number of sulfonamides is 1. The molecule has 0 fully saturated rings. The average Bonchev–Trinajstić information content (AvgIpc) is 3.36. The third kappa shape index (κ3) is 3.73. The maximum absolute atomic E-state index is 12.8. The number of carbonyl (C=O) groups is 1. The fraction of sp³-hybridized carbons (Fsp3) is 0.300. The minimum Gasteiger partial charge on any atom is -0.462 e. The zero-order valence-corrected chi connectivity index (χ0v) is 17.9. The highest BCUT2D eigenvalue weighted by Gasteiger charge is 2.30. The van der Waals surface area contributed by atoms with Gasteiger partial charge in [-0.3, -0.25) is 4.79 Å². The summed E-state index contributed by atoms with van der Waals surface area (Å²) in [4.78, 5) is 19.1. The van der Waals surface area contributed by atoms with Gasteiger partial charge in [-0.25, -0.2) is 18.1 Å². The molecule has 3 heterocycles. The summed E-state index contributed by atoms with van der Waals surface area (Å²) in [5.74, 6) is 0.619. The van der Waals surface area contributed by atoms with Crippen molar-refractivity contribution in [3.05, 3.63) is 52.7 Å². The second kappa shape index (κ2) is 7.40. The molecule has 0 spiro atoms. The van der Waals surface area contributed by atoms with Gasteiger partial charge in [0.15, 0.2) is 10.8 Å². The summed E-state index contributed by atoms with van der Waals surface area (Å²) in [6, 6.07) is 8.54. The minimum absolute atomic E-state index is 0.0216. The summed E-state index contributed by atoms with van der Waals surface area (Å²) in [7, 11) is -3.69. The van der Waals surface area contributed by atoms with Crippen LogP contribution in [0.5, 0.6) is 0 Å². The van der Waals surface area contributed by atoms with Crippen LogP contribution in [0.25, 0.3) is 10.8 Å². The van der Waals surface area contributed by atoms with Crippen molar-refractivity contribution in [3.8, 4) is 10.8 Å². The number of aromatic nitrogens is 1. The molecule has 29 heavy (non-hydrogen) atoms. The maximum atomic E-state index is 12.8. The third-order valence-electron chi connectivity index (χ3n) is 4.96. The van der Waals surface area contributed by atoms with Crippen LogP contribution in [-0.2, 0) is 27.8 Å². The summed E-state index contributed by atoms with van der Waals surface area (Å²) in [6.45, 7) is 5.47. The van der Waals surface area contributed by atoms with Gasteiger partial charge in [0.05, 0.1) is 16.9 Å². The van der Waals surface area contributed by atoms with Gasteiger partial charge < -0.3 is 9.32 Å². The van der Waals surface area contributed by atoms with Crippen molar-refractivity contribution in [3.63, 3.8) is 0 Å². The number of hydrogen-bond donors (Lipinski definition) is 1. The number of fused-ring (bicyclic) bond motifs is 1. The lowest BCUT2D eigenvalue weighted by Gasteiger charge is -2.20. The Morgan fingerprint density at radius 3 is 2.86 bits per heavy atom. The third-order valence-corrected chi connectivity index (χ3v) is 7.53. The van der Waals surface area contributed by atoms with Crippen LogP contribution in [0, 0.1) is 6.92 Å². The zero-order valence-electron chi connectivity index (χ0n) is 16.3. The highest BCUT2D eigenvalue weighted by atomic mass is 32.2. The Morgan fingerprint density at radius 1 is 1.38 bits per heavy atom. The summed E-state index contributed by atoms with van der Waals surface area (Å²) in [5, 5.41) is 0.720. The molecule has 1 aromatic carbocycles. The normalized spacial score (nSPS) is 16.2. The highest BCUT2D eigenvalue weighted by molar-refractivity contribution is 7.89. The van der Waals surface area contributed by atoms with Crippen LogP contribution < -0.4 is 9.62 Å². The molecule has 1 amide bonds. The van der Waals surface area contributed by atoms with E-state index < -0.39 is 10.0 Å². The molecule has 3 aromatic rings. The van der Waals surface area contributed by atoms with Crippen molar-refractivity contribution in [1.29, 1.82) is 0 Å². The van der Waals surface area contributed by atoms with E-state index in [1.807, 2.05) is 19.9 Å². The Morgan fingerprint density at radius 2 is 2.17 bits per heavy atom. The maximum Gasteiger partial charge on any atom is 0.240 e. The molecule has 1 unspecified atom stereocenters. The van der Waals surface area contributed by atoms with Crippen LogP contribution in [0.3, 0.4) is 0 Å². The lowest BCUT2D eigenvalue weighted by molar-refractivity contribution is -0.116. The monoisotopic (exact) mass is 431 g/mol. The van der Waals surface area contributed by atoms with E-state index in [1.165, 1.54) is 18.3 Å². The molecule has 1 N–H and O–H groups in total. The molecular formula is C20H21N3O4S2. The number of thiazole rings is 1. The Hall–Kier alpha value is -2.49. The molecule has 2 aromatic heterocycles. The molecule has 0 bridgehead atoms. The van der Waals surface area contributed by atoms with Gasteiger partial charge in [0.25, 0.3) is 0 Å². The van der Waals surface area contributed by atoms with E-state index in [9.17, 15) is 13.2 Å². The van der Waals surface area contributed by atoms with E-state index in [1.54, 1.807) is 35.4 Å². The second-order valence-corrected chi connectivity index (χ2v) is 9.91. The molecule has 9 heteroatoms. The number of anilines is 1. The fourth-order valence-corrected chi connectivity index (χ4v) is 5.70. The van der Waals surface area contributed by atoms with Gasteiger partial charge in [0.2, 0.25) is 15.9 Å². The SMILES string of the molecule is CC(=O)N1c2ccc(S(=O)(=O)NCc3sc(-c4ccco4)nc3C)cc2CC1C. The van der Waals surface area contributed by atoms with Crippen LogP contribution in [0.4, 0.5) is 5.69 Å². The highest BCUT2D eigenvalue weighted by Crippen LogP contribution is 2.34. The van der Waals surface area contributed by atoms with Crippen molar-refractivity contribution < 1.29 is 17.6 Å². The van der Waals surface area contributed by atoms with Gasteiger partial charge in [-0.15, -0.1) is 11.3 Å². The number of hydrogen-bond acceptors (Lipinski definition) is 6. The van der Waals surface area contributed by atoms with E-state index in [0.717, 1.165) is 26.8 Å². The Balaban J connectivity index is 1.53. The molecule has 0 saturated carbocycles. The first kappa shape index (κ1) is 19.8. The fourth-order valence-electron chi connectivity index (χ4n) is 3.60. The lowest BCUT2D eigenvalue weighted by Crippen LogP contribution is -2.33. The minimum atomic E-state index is -3.69. The zero-order chi connectivity index (χ0) is 20.8. The smallest absolute Gasteiger partial charge is 0.240 e. The molecule has 1 aliphatic rings. The first-order valence-corrected chi connectivity index (χ1v) is 11.5. The molecule has 0 radical (unpaired) electrons. The Kier molecular flexibility index (Phi) is 5.05. The Labute approximate surface area is 173 Å². The summed E-state index contributed by atoms with van der Waals surface area (Å²) in [6.07, 6.45) is 2.22. The van der Waals surface area contributed by atoms with Gasteiger partial charge >= 0.3 is 0 Å². The van der Waals surface area contributed by atoms with Crippen LogP contribution >= 0.6 is 11.3 Å². The predicted octanol–water partition coefficient (Wildman–Crippen LogP) is 3.49. The first-order chi connectivity index (χ1) is 13.8. The summed E-state index contributed by atoms with van der Waals surface area (Å²) in [5.41, 5.74) is 2.42. The van der Waals surface area contributed by atoms with E-state index in [2.05, 4.69) is 9.71 Å². The van der Waals surface area contributed by atoms with Crippen LogP contribution in [0.15, 0.2) is 45.9 Å². The van der Waals surface area contributed by atoms with E-state index in [0.29, 0.717) is 12.2 Å². The van der Waals surface area contributed by atoms with Crippen LogP contribution in [0.1, 0.15) is 30.0 Å². The number of aryl methyl sites for hydroxylation is 1. The van der Waals surface area contributed by atoms with Gasteiger partial charge in [-0.2, -0.15) is 0 Å². The first-order valence-electron chi connectivity index (χ1n) is 9.19. The van der Waals surface area contributed by atoms with Crippen molar-refractivity contribution in [1.82, 2.24) is 9.71 Å². The van der Waals surface area contributed by atoms with E-state index in [4.69, 9.17) is 4.42 Å². The number of carbonyl (C=O) groups excluding carboxylic acids is 1. The van der Waals surface area contributed by atoms with E-state index in [-0.39, 0.29) is 23.4 Å². The molecule has 0 saturated heterocycles. The molecule has 0 aliphatic carbocycles.